The van der Waals surface area contributed by atoms with Crippen LogP contribution in [0.3, 0.4) is 0 Å². The first-order valence-electron chi connectivity index (χ1n) is 16.7. The Kier molecular flexibility index (Phi) is 6.98. The van der Waals surface area contributed by atoms with Crippen molar-refractivity contribution in [3.8, 4) is 33.4 Å². The van der Waals surface area contributed by atoms with E-state index >= 15 is 0 Å². The summed E-state index contributed by atoms with van der Waals surface area (Å²) in [6.07, 6.45) is 6.68. The number of hydrogen-bond acceptors (Lipinski definition) is 2. The molecule has 1 aliphatic rings. The van der Waals surface area contributed by atoms with E-state index in [-0.39, 0.29) is 0 Å². The van der Waals surface area contributed by atoms with Crippen LogP contribution in [-0.4, -0.2) is 0 Å². The highest BCUT2D eigenvalue weighted by atomic mass is 16.3. The van der Waals surface area contributed by atoms with Crippen molar-refractivity contribution in [1.82, 2.24) is 0 Å². The third kappa shape index (κ3) is 4.99. The monoisotopic (exact) mass is 615 g/mol. The lowest BCUT2D eigenvalue weighted by atomic mass is 9.86. The maximum Gasteiger partial charge on any atom is 0.137 e. The molecule has 0 aliphatic heterocycles. The minimum absolute atomic E-state index is 0.890. The SMILES string of the molecule is C1=Cc2c(c(-c3ccccc3)cc3oc4cc(N(c5ccc(-c6ccccc6)cc5)c5ccc(-c6ccccc6)cc5)ccc4c23)CC1. The Bertz CT molecular complexity index is 2320. The third-order valence-corrected chi connectivity index (χ3v) is 9.55. The Morgan fingerprint density at radius 2 is 0.979 bits per heavy atom. The van der Waals surface area contributed by atoms with Crippen molar-refractivity contribution in [2.75, 3.05) is 4.90 Å². The Hall–Kier alpha value is -6.12. The molecular weight excluding hydrogens is 583 g/mol. The summed E-state index contributed by atoms with van der Waals surface area (Å²) in [5.74, 6) is 0. The van der Waals surface area contributed by atoms with Crippen LogP contribution in [-0.2, 0) is 6.42 Å². The zero-order valence-electron chi connectivity index (χ0n) is 26.5. The fourth-order valence-electron chi connectivity index (χ4n) is 7.21. The van der Waals surface area contributed by atoms with E-state index in [1.54, 1.807) is 0 Å². The van der Waals surface area contributed by atoms with E-state index in [9.17, 15) is 0 Å². The summed E-state index contributed by atoms with van der Waals surface area (Å²) in [5.41, 5.74) is 15.0. The van der Waals surface area contributed by atoms with Gasteiger partial charge in [0.1, 0.15) is 11.2 Å². The highest BCUT2D eigenvalue weighted by molar-refractivity contribution is 6.12. The van der Waals surface area contributed by atoms with Gasteiger partial charge in [-0.05, 0) is 99.8 Å². The largest absolute Gasteiger partial charge is 0.456 e. The van der Waals surface area contributed by atoms with Gasteiger partial charge >= 0.3 is 0 Å². The van der Waals surface area contributed by atoms with Crippen molar-refractivity contribution in [1.29, 1.82) is 0 Å². The van der Waals surface area contributed by atoms with E-state index in [0.717, 1.165) is 46.5 Å². The zero-order valence-corrected chi connectivity index (χ0v) is 26.5. The van der Waals surface area contributed by atoms with Gasteiger partial charge in [0.15, 0.2) is 0 Å². The van der Waals surface area contributed by atoms with E-state index in [4.69, 9.17) is 4.42 Å². The van der Waals surface area contributed by atoms with Crippen LogP contribution >= 0.6 is 0 Å². The molecule has 0 amide bonds. The molecule has 0 radical (unpaired) electrons. The summed E-state index contributed by atoms with van der Waals surface area (Å²) in [4.78, 5) is 2.32. The van der Waals surface area contributed by atoms with Crippen molar-refractivity contribution in [3.63, 3.8) is 0 Å². The molecule has 1 aliphatic carbocycles. The zero-order chi connectivity index (χ0) is 31.9. The summed E-state index contributed by atoms with van der Waals surface area (Å²) in [5, 5.41) is 2.35. The molecule has 228 valence electrons. The molecule has 7 aromatic carbocycles. The summed E-state index contributed by atoms with van der Waals surface area (Å²) < 4.78 is 6.74. The Morgan fingerprint density at radius 3 is 1.56 bits per heavy atom. The Balaban J connectivity index is 1.19. The number of furan rings is 1. The van der Waals surface area contributed by atoms with Crippen LogP contribution < -0.4 is 4.90 Å². The third-order valence-electron chi connectivity index (χ3n) is 9.55. The van der Waals surface area contributed by atoms with Crippen LogP contribution in [0.5, 0.6) is 0 Å². The standard InChI is InChI=1S/C46H33NO/c1-4-12-32(13-5-1)34-20-24-37(25-21-34)47(38-26-22-35(23-27-38)33-14-6-2-7-15-33)39-28-29-42-44(30-39)48-45-31-43(36-16-8-3-9-17-36)40-18-10-11-19-41(40)46(42)45/h1-9,11-17,19-31H,10,18H2. The maximum atomic E-state index is 6.74. The molecule has 0 atom stereocenters. The van der Waals surface area contributed by atoms with E-state index in [1.165, 1.54) is 49.9 Å². The van der Waals surface area contributed by atoms with Gasteiger partial charge in [0.25, 0.3) is 0 Å². The van der Waals surface area contributed by atoms with Gasteiger partial charge in [-0.1, -0.05) is 127 Å². The smallest absolute Gasteiger partial charge is 0.137 e. The lowest BCUT2D eigenvalue weighted by molar-refractivity contribution is 0.669. The fraction of sp³-hybridized carbons (Fsp3) is 0.0435. The van der Waals surface area contributed by atoms with Crippen LogP contribution in [0.4, 0.5) is 17.1 Å². The number of fused-ring (bicyclic) bond motifs is 5. The van der Waals surface area contributed by atoms with Gasteiger partial charge in [-0.15, -0.1) is 0 Å². The van der Waals surface area contributed by atoms with Crippen molar-refractivity contribution in [2.24, 2.45) is 0 Å². The maximum absolute atomic E-state index is 6.74. The number of benzene rings is 7. The first-order chi connectivity index (χ1) is 23.8. The van der Waals surface area contributed by atoms with Crippen LogP contribution in [0, 0.1) is 0 Å². The highest BCUT2D eigenvalue weighted by Gasteiger charge is 2.21. The van der Waals surface area contributed by atoms with Crippen molar-refractivity contribution in [3.05, 3.63) is 181 Å². The Labute approximate surface area is 280 Å². The summed E-state index contributed by atoms with van der Waals surface area (Å²) >= 11 is 0. The first kappa shape index (κ1) is 28.1. The molecule has 0 unspecified atom stereocenters. The molecule has 0 bridgehead atoms. The van der Waals surface area contributed by atoms with Gasteiger partial charge in [-0.3, -0.25) is 0 Å². The second kappa shape index (κ2) is 11.9. The number of hydrogen-bond donors (Lipinski definition) is 0. The molecule has 0 N–H and O–H groups in total. The van der Waals surface area contributed by atoms with Gasteiger partial charge in [0.2, 0.25) is 0 Å². The average Bonchev–Trinajstić information content (AvgIpc) is 3.54. The lowest BCUT2D eigenvalue weighted by Crippen LogP contribution is -2.09. The van der Waals surface area contributed by atoms with Crippen LogP contribution in [0.1, 0.15) is 17.5 Å². The molecule has 1 aromatic heterocycles. The molecule has 0 saturated heterocycles. The van der Waals surface area contributed by atoms with Gasteiger partial charge in [0.05, 0.1) is 0 Å². The van der Waals surface area contributed by atoms with Crippen molar-refractivity contribution in [2.45, 2.75) is 12.8 Å². The predicted octanol–water partition coefficient (Wildman–Crippen LogP) is 13.0. The first-order valence-corrected chi connectivity index (χ1v) is 16.7. The lowest BCUT2D eigenvalue weighted by Gasteiger charge is -2.26. The minimum atomic E-state index is 0.890. The highest BCUT2D eigenvalue weighted by Crippen LogP contribution is 2.44. The topological polar surface area (TPSA) is 16.4 Å². The molecule has 9 rings (SSSR count). The number of allylic oxidation sites excluding steroid dienone is 1. The van der Waals surface area contributed by atoms with E-state index in [2.05, 4.69) is 181 Å². The molecule has 0 fully saturated rings. The van der Waals surface area contributed by atoms with Crippen molar-refractivity contribution >= 4 is 45.1 Å². The predicted molar refractivity (Wildman–Crippen MR) is 202 cm³/mol. The average molecular weight is 616 g/mol. The van der Waals surface area contributed by atoms with Gasteiger partial charge < -0.3 is 9.32 Å². The number of nitrogens with zero attached hydrogens (tertiary/aromatic N) is 1. The van der Waals surface area contributed by atoms with E-state index < -0.39 is 0 Å². The molecule has 0 saturated carbocycles. The van der Waals surface area contributed by atoms with Gasteiger partial charge in [-0.2, -0.15) is 0 Å². The van der Waals surface area contributed by atoms with Crippen LogP contribution in [0.25, 0.3) is 61.4 Å². The molecule has 2 nitrogen and oxygen atoms in total. The quantitative estimate of drug-likeness (QED) is 0.185. The summed E-state index contributed by atoms with van der Waals surface area (Å²) in [7, 11) is 0. The summed E-state index contributed by atoms with van der Waals surface area (Å²) in [6, 6.07) is 58.4. The molecule has 2 heteroatoms. The fourth-order valence-corrected chi connectivity index (χ4v) is 7.21. The molecule has 48 heavy (non-hydrogen) atoms. The second-order valence-electron chi connectivity index (χ2n) is 12.4. The van der Waals surface area contributed by atoms with Gasteiger partial charge in [-0.25, -0.2) is 0 Å². The normalized spacial score (nSPS) is 12.3. The molecular formula is C46H33NO. The number of rotatable bonds is 6. The molecule has 8 aromatic rings. The Morgan fingerprint density at radius 1 is 0.458 bits per heavy atom. The molecule has 1 heterocycles. The van der Waals surface area contributed by atoms with Crippen LogP contribution in [0.15, 0.2) is 174 Å². The van der Waals surface area contributed by atoms with E-state index in [0.29, 0.717) is 0 Å². The number of anilines is 3. The van der Waals surface area contributed by atoms with Gasteiger partial charge in [0, 0.05) is 33.9 Å². The molecule has 0 spiro atoms. The second-order valence-corrected chi connectivity index (χ2v) is 12.4. The van der Waals surface area contributed by atoms with E-state index in [1.807, 2.05) is 0 Å². The summed E-state index contributed by atoms with van der Waals surface area (Å²) in [6.45, 7) is 0. The minimum Gasteiger partial charge on any atom is -0.456 e. The van der Waals surface area contributed by atoms with Crippen LogP contribution in [0.2, 0.25) is 0 Å². The van der Waals surface area contributed by atoms with Crippen molar-refractivity contribution < 1.29 is 4.42 Å².